The van der Waals surface area contributed by atoms with E-state index in [1.165, 1.54) is 38.0 Å². The third-order valence-corrected chi connectivity index (χ3v) is 3.78. The summed E-state index contributed by atoms with van der Waals surface area (Å²) in [6, 6.07) is 0. The number of nitrogens with one attached hydrogen (secondary N) is 1. The monoisotopic (exact) mass is 250 g/mol. The van der Waals surface area contributed by atoms with E-state index in [0.717, 1.165) is 25.6 Å². The number of piperidine rings is 1. The van der Waals surface area contributed by atoms with E-state index in [1.807, 2.05) is 10.9 Å². The average molecular weight is 250 g/mol. The molecule has 1 fully saturated rings. The predicted molar refractivity (Wildman–Crippen MR) is 74.4 cm³/mol. The molecular weight excluding hydrogens is 224 g/mol. The molecule has 4 nitrogen and oxygen atoms in total. The van der Waals surface area contributed by atoms with Crippen molar-refractivity contribution in [2.45, 2.75) is 39.8 Å². The van der Waals surface area contributed by atoms with E-state index in [0.29, 0.717) is 0 Å². The lowest BCUT2D eigenvalue weighted by atomic mass is 9.99. The summed E-state index contributed by atoms with van der Waals surface area (Å²) < 4.78 is 2.01. The molecule has 2 rings (SSSR count). The second-order valence-electron chi connectivity index (χ2n) is 5.24. The minimum Gasteiger partial charge on any atom is -0.316 e. The molecule has 102 valence electrons. The van der Waals surface area contributed by atoms with Gasteiger partial charge in [0.2, 0.25) is 0 Å². The number of aryl methyl sites for hydroxylation is 1. The molecule has 4 heteroatoms. The smallest absolute Gasteiger partial charge is 0.0534 e. The average Bonchev–Trinajstić information content (AvgIpc) is 2.87. The van der Waals surface area contributed by atoms with Gasteiger partial charge in [-0.2, -0.15) is 5.10 Å². The Morgan fingerprint density at radius 3 is 3.00 bits per heavy atom. The van der Waals surface area contributed by atoms with Crippen LogP contribution in [0.5, 0.6) is 0 Å². The van der Waals surface area contributed by atoms with Gasteiger partial charge in [-0.1, -0.05) is 6.92 Å². The van der Waals surface area contributed by atoms with Crippen LogP contribution in [0.15, 0.2) is 12.4 Å². The van der Waals surface area contributed by atoms with Crippen LogP contribution in [-0.2, 0) is 13.1 Å². The van der Waals surface area contributed by atoms with Crippen molar-refractivity contribution in [2.24, 2.45) is 5.92 Å². The van der Waals surface area contributed by atoms with Crippen LogP contribution in [0.1, 0.15) is 32.3 Å². The molecule has 1 aliphatic heterocycles. The van der Waals surface area contributed by atoms with Crippen LogP contribution in [0.2, 0.25) is 0 Å². The summed E-state index contributed by atoms with van der Waals surface area (Å²) in [4.78, 5) is 2.54. The SMILES string of the molecule is CCN(Cc1cnn(CC)c1)CC1CCCNC1. The Bertz CT molecular complexity index is 341. The van der Waals surface area contributed by atoms with Crippen LogP contribution in [0.4, 0.5) is 0 Å². The molecule has 0 radical (unpaired) electrons. The normalized spacial score (nSPS) is 20.5. The standard InChI is InChI=1S/C14H26N4/c1-3-17(10-13-6-5-7-15-8-13)11-14-9-16-18(4-2)12-14/h9,12-13,15H,3-8,10-11H2,1-2H3. The van der Waals surface area contributed by atoms with Gasteiger partial charge in [0.05, 0.1) is 6.20 Å². The molecule has 1 atom stereocenters. The molecule has 0 amide bonds. The van der Waals surface area contributed by atoms with Crippen molar-refractivity contribution in [3.63, 3.8) is 0 Å². The topological polar surface area (TPSA) is 33.1 Å². The Morgan fingerprint density at radius 2 is 2.39 bits per heavy atom. The lowest BCUT2D eigenvalue weighted by Crippen LogP contribution is -2.38. The number of hydrogen-bond donors (Lipinski definition) is 1. The summed E-state index contributed by atoms with van der Waals surface area (Å²) in [5.41, 5.74) is 1.34. The molecule has 0 bridgehead atoms. The fourth-order valence-corrected chi connectivity index (χ4v) is 2.67. The maximum atomic E-state index is 4.35. The number of hydrogen-bond acceptors (Lipinski definition) is 3. The van der Waals surface area contributed by atoms with E-state index in [2.05, 4.69) is 35.4 Å². The van der Waals surface area contributed by atoms with Gasteiger partial charge in [-0.15, -0.1) is 0 Å². The molecule has 1 saturated heterocycles. The van der Waals surface area contributed by atoms with E-state index in [-0.39, 0.29) is 0 Å². The van der Waals surface area contributed by atoms with Crippen molar-refractivity contribution in [2.75, 3.05) is 26.2 Å². The fraction of sp³-hybridized carbons (Fsp3) is 0.786. The highest BCUT2D eigenvalue weighted by Crippen LogP contribution is 2.13. The zero-order chi connectivity index (χ0) is 12.8. The third kappa shape index (κ3) is 3.82. The van der Waals surface area contributed by atoms with Crippen LogP contribution in [0.25, 0.3) is 0 Å². The van der Waals surface area contributed by atoms with E-state index in [4.69, 9.17) is 0 Å². The van der Waals surface area contributed by atoms with Crippen LogP contribution in [0.3, 0.4) is 0 Å². The van der Waals surface area contributed by atoms with Crippen LogP contribution < -0.4 is 5.32 Å². The van der Waals surface area contributed by atoms with Gasteiger partial charge in [-0.3, -0.25) is 9.58 Å². The van der Waals surface area contributed by atoms with Gasteiger partial charge >= 0.3 is 0 Å². The quantitative estimate of drug-likeness (QED) is 0.834. The summed E-state index contributed by atoms with van der Waals surface area (Å²) in [5.74, 6) is 0.819. The number of rotatable bonds is 6. The summed E-state index contributed by atoms with van der Waals surface area (Å²) in [5, 5.41) is 7.84. The van der Waals surface area contributed by atoms with Crippen LogP contribution in [-0.4, -0.2) is 40.9 Å². The lowest BCUT2D eigenvalue weighted by Gasteiger charge is -2.29. The number of aromatic nitrogens is 2. The van der Waals surface area contributed by atoms with Crippen molar-refractivity contribution in [3.05, 3.63) is 18.0 Å². The summed E-state index contributed by atoms with van der Waals surface area (Å²) in [6.45, 7) is 11.1. The second kappa shape index (κ2) is 6.90. The van der Waals surface area contributed by atoms with Gasteiger partial charge in [0, 0.05) is 31.4 Å². The third-order valence-electron chi connectivity index (χ3n) is 3.78. The minimum absolute atomic E-state index is 0.819. The van der Waals surface area contributed by atoms with Gasteiger partial charge in [0.1, 0.15) is 0 Å². The second-order valence-corrected chi connectivity index (χ2v) is 5.24. The first-order valence-electron chi connectivity index (χ1n) is 7.26. The number of nitrogens with zero attached hydrogens (tertiary/aromatic N) is 3. The molecule has 2 heterocycles. The Hall–Kier alpha value is -0.870. The maximum absolute atomic E-state index is 4.35. The Kier molecular flexibility index (Phi) is 5.20. The van der Waals surface area contributed by atoms with E-state index in [1.54, 1.807) is 0 Å². The first-order valence-corrected chi connectivity index (χ1v) is 7.26. The highest BCUT2D eigenvalue weighted by Gasteiger charge is 2.16. The van der Waals surface area contributed by atoms with Gasteiger partial charge in [-0.25, -0.2) is 0 Å². The molecule has 1 aromatic heterocycles. The van der Waals surface area contributed by atoms with Crippen LogP contribution >= 0.6 is 0 Å². The Labute approximate surface area is 110 Å². The first kappa shape index (κ1) is 13.6. The summed E-state index contributed by atoms with van der Waals surface area (Å²) in [6.07, 6.45) is 6.88. The van der Waals surface area contributed by atoms with Gasteiger partial charge in [0.25, 0.3) is 0 Å². The van der Waals surface area contributed by atoms with Crippen molar-refractivity contribution in [3.8, 4) is 0 Å². The van der Waals surface area contributed by atoms with Crippen LogP contribution in [0, 0.1) is 5.92 Å². The fourth-order valence-electron chi connectivity index (χ4n) is 2.67. The Balaban J connectivity index is 1.84. The van der Waals surface area contributed by atoms with Crippen molar-refractivity contribution >= 4 is 0 Å². The zero-order valence-electron chi connectivity index (χ0n) is 11.7. The highest BCUT2D eigenvalue weighted by molar-refractivity contribution is 5.03. The van der Waals surface area contributed by atoms with Crippen molar-refractivity contribution < 1.29 is 0 Å². The van der Waals surface area contributed by atoms with Crippen molar-refractivity contribution in [1.29, 1.82) is 0 Å². The van der Waals surface area contributed by atoms with Gasteiger partial charge < -0.3 is 5.32 Å². The van der Waals surface area contributed by atoms with E-state index < -0.39 is 0 Å². The molecule has 1 aliphatic rings. The molecule has 1 N–H and O–H groups in total. The molecule has 0 spiro atoms. The molecule has 1 aromatic rings. The molecular formula is C14H26N4. The zero-order valence-corrected chi connectivity index (χ0v) is 11.7. The maximum Gasteiger partial charge on any atom is 0.0534 e. The molecule has 0 aromatic carbocycles. The van der Waals surface area contributed by atoms with Gasteiger partial charge in [-0.05, 0) is 45.3 Å². The highest BCUT2D eigenvalue weighted by atomic mass is 15.3. The van der Waals surface area contributed by atoms with Crippen molar-refractivity contribution in [1.82, 2.24) is 20.0 Å². The Morgan fingerprint density at radius 1 is 1.50 bits per heavy atom. The molecule has 18 heavy (non-hydrogen) atoms. The largest absolute Gasteiger partial charge is 0.316 e. The minimum atomic E-state index is 0.819. The van der Waals surface area contributed by atoms with Gasteiger partial charge in [0.15, 0.2) is 0 Å². The first-order chi connectivity index (χ1) is 8.81. The predicted octanol–water partition coefficient (Wildman–Crippen LogP) is 1.72. The molecule has 1 unspecified atom stereocenters. The molecule has 0 aliphatic carbocycles. The lowest BCUT2D eigenvalue weighted by molar-refractivity contribution is 0.209. The summed E-state index contributed by atoms with van der Waals surface area (Å²) >= 11 is 0. The molecule has 0 saturated carbocycles. The van der Waals surface area contributed by atoms with E-state index >= 15 is 0 Å². The summed E-state index contributed by atoms with van der Waals surface area (Å²) in [7, 11) is 0. The van der Waals surface area contributed by atoms with E-state index in [9.17, 15) is 0 Å².